The summed E-state index contributed by atoms with van der Waals surface area (Å²) >= 11 is 0. The lowest BCUT2D eigenvalue weighted by Crippen LogP contribution is -2.54. The van der Waals surface area contributed by atoms with Crippen LogP contribution in [-0.2, 0) is 4.79 Å². The van der Waals surface area contributed by atoms with E-state index in [-0.39, 0.29) is 18.4 Å². The summed E-state index contributed by atoms with van der Waals surface area (Å²) in [6.07, 6.45) is -0.0180. The molecule has 82 valence electrons. The molecule has 0 bridgehead atoms. The zero-order valence-electron chi connectivity index (χ0n) is 8.00. The molecule has 0 amide bonds. The molecular formula is C10H11F2NO2. The third kappa shape index (κ3) is 3.28. The summed E-state index contributed by atoms with van der Waals surface area (Å²) in [6, 6.07) is 2.64. The van der Waals surface area contributed by atoms with Crippen LogP contribution in [0.4, 0.5) is 8.78 Å². The standard InChI is InChI=1S/C10H11F2NO2/c11-6-1-2-7(8(12)5-6)9(13)3-4-10(14)15/h1-2,5,9H,3-4,13H2,(H,14,15)/t9-/m0/s1. The van der Waals surface area contributed by atoms with Gasteiger partial charge in [0.05, 0.1) is 0 Å². The quantitative estimate of drug-likeness (QED) is 0.754. The number of hydrogen-bond acceptors (Lipinski definition) is 2. The molecule has 0 aliphatic rings. The lowest BCUT2D eigenvalue weighted by molar-refractivity contribution is -0.429. The normalized spacial score (nSPS) is 12.5. The third-order valence-electron chi connectivity index (χ3n) is 2.10. The van der Waals surface area contributed by atoms with Crippen LogP contribution in [0.1, 0.15) is 24.4 Å². The average molecular weight is 215 g/mol. The largest absolute Gasteiger partial charge is 0.550 e. The summed E-state index contributed by atoms with van der Waals surface area (Å²) in [4.78, 5) is 10.2. The van der Waals surface area contributed by atoms with Gasteiger partial charge in [-0.05, 0) is 18.6 Å². The van der Waals surface area contributed by atoms with Crippen LogP contribution >= 0.6 is 0 Å². The van der Waals surface area contributed by atoms with Gasteiger partial charge in [-0.1, -0.05) is 0 Å². The number of quaternary nitrogens is 1. The van der Waals surface area contributed by atoms with Crippen molar-refractivity contribution in [3.63, 3.8) is 0 Å². The highest BCUT2D eigenvalue weighted by Gasteiger charge is 2.14. The Morgan fingerprint density at radius 2 is 2.13 bits per heavy atom. The first-order chi connectivity index (χ1) is 7.00. The van der Waals surface area contributed by atoms with Crippen LogP contribution in [0.25, 0.3) is 0 Å². The molecule has 0 radical (unpaired) electrons. The topological polar surface area (TPSA) is 67.8 Å². The van der Waals surface area contributed by atoms with E-state index in [2.05, 4.69) is 5.73 Å². The van der Waals surface area contributed by atoms with Crippen LogP contribution in [0.15, 0.2) is 18.2 Å². The number of carbonyl (C=O) groups is 1. The lowest BCUT2D eigenvalue weighted by Gasteiger charge is -2.10. The van der Waals surface area contributed by atoms with E-state index in [9.17, 15) is 18.7 Å². The highest BCUT2D eigenvalue weighted by molar-refractivity contribution is 5.64. The van der Waals surface area contributed by atoms with E-state index in [1.54, 1.807) is 0 Å². The maximum Gasteiger partial charge on any atom is 0.135 e. The fourth-order valence-electron chi connectivity index (χ4n) is 1.28. The minimum absolute atomic E-state index is 0.172. The Morgan fingerprint density at radius 1 is 1.47 bits per heavy atom. The molecule has 1 aromatic carbocycles. The number of carbonyl (C=O) groups excluding carboxylic acids is 1. The molecule has 0 saturated carbocycles. The van der Waals surface area contributed by atoms with Gasteiger partial charge < -0.3 is 15.6 Å². The Balaban J connectivity index is 2.73. The molecule has 3 N–H and O–H groups in total. The molecule has 0 saturated heterocycles. The third-order valence-corrected chi connectivity index (χ3v) is 2.10. The van der Waals surface area contributed by atoms with E-state index in [0.717, 1.165) is 12.1 Å². The first-order valence-electron chi connectivity index (χ1n) is 4.48. The fraction of sp³-hybridized carbons (Fsp3) is 0.300. The van der Waals surface area contributed by atoms with Gasteiger partial charge in [-0.2, -0.15) is 0 Å². The summed E-state index contributed by atoms with van der Waals surface area (Å²) in [5, 5.41) is 10.2. The van der Waals surface area contributed by atoms with Gasteiger partial charge >= 0.3 is 0 Å². The molecule has 5 heteroatoms. The van der Waals surface area contributed by atoms with Gasteiger partial charge in [-0.15, -0.1) is 0 Å². The number of rotatable bonds is 4. The number of carboxylic acid groups (broad SMARTS) is 1. The minimum atomic E-state index is -1.20. The van der Waals surface area contributed by atoms with Crippen molar-refractivity contribution in [2.45, 2.75) is 18.9 Å². The van der Waals surface area contributed by atoms with Crippen LogP contribution in [0.2, 0.25) is 0 Å². The molecule has 0 heterocycles. The Morgan fingerprint density at radius 3 is 2.67 bits per heavy atom. The van der Waals surface area contributed by atoms with Crippen molar-refractivity contribution >= 4 is 5.97 Å². The van der Waals surface area contributed by atoms with Crippen LogP contribution < -0.4 is 10.8 Å². The van der Waals surface area contributed by atoms with Gasteiger partial charge in [0.1, 0.15) is 17.7 Å². The molecule has 1 aromatic rings. The first-order valence-corrected chi connectivity index (χ1v) is 4.48. The molecule has 0 fully saturated rings. The second-order valence-corrected chi connectivity index (χ2v) is 3.27. The van der Waals surface area contributed by atoms with E-state index in [1.807, 2.05) is 0 Å². The van der Waals surface area contributed by atoms with Gasteiger partial charge in [-0.25, -0.2) is 8.78 Å². The summed E-state index contributed by atoms with van der Waals surface area (Å²) < 4.78 is 25.7. The monoisotopic (exact) mass is 215 g/mol. The lowest BCUT2D eigenvalue weighted by atomic mass is 10.0. The Kier molecular flexibility index (Phi) is 3.74. The maximum absolute atomic E-state index is 13.2. The summed E-state index contributed by atoms with van der Waals surface area (Å²) in [6.45, 7) is 0. The van der Waals surface area contributed by atoms with Gasteiger partial charge in [0.25, 0.3) is 0 Å². The van der Waals surface area contributed by atoms with E-state index >= 15 is 0 Å². The van der Waals surface area contributed by atoms with E-state index < -0.39 is 23.6 Å². The van der Waals surface area contributed by atoms with E-state index in [4.69, 9.17) is 0 Å². The minimum Gasteiger partial charge on any atom is -0.550 e. The molecule has 0 unspecified atom stereocenters. The molecule has 1 atom stereocenters. The maximum atomic E-state index is 13.2. The zero-order chi connectivity index (χ0) is 11.4. The van der Waals surface area contributed by atoms with Gasteiger partial charge in [0.2, 0.25) is 0 Å². The highest BCUT2D eigenvalue weighted by Crippen LogP contribution is 2.18. The average Bonchev–Trinajstić information content (AvgIpc) is 2.14. The molecular weight excluding hydrogens is 204 g/mol. The summed E-state index contributed by atoms with van der Waals surface area (Å²) in [7, 11) is 0. The smallest absolute Gasteiger partial charge is 0.135 e. The molecule has 15 heavy (non-hydrogen) atoms. The highest BCUT2D eigenvalue weighted by atomic mass is 19.1. The summed E-state index contributed by atoms with van der Waals surface area (Å²) in [5.74, 6) is -2.57. The second-order valence-electron chi connectivity index (χ2n) is 3.27. The van der Waals surface area contributed by atoms with Crippen molar-refractivity contribution in [2.24, 2.45) is 0 Å². The van der Waals surface area contributed by atoms with Crippen molar-refractivity contribution in [3.05, 3.63) is 35.4 Å². The van der Waals surface area contributed by atoms with Crippen molar-refractivity contribution in [1.29, 1.82) is 0 Å². The van der Waals surface area contributed by atoms with Gasteiger partial charge in [0, 0.05) is 24.0 Å². The predicted octanol–water partition coefficient (Wildman–Crippen LogP) is -0.222. The molecule has 1 rings (SSSR count). The van der Waals surface area contributed by atoms with Crippen LogP contribution in [0, 0.1) is 11.6 Å². The van der Waals surface area contributed by atoms with Crippen molar-refractivity contribution < 1.29 is 24.4 Å². The van der Waals surface area contributed by atoms with E-state index in [0.29, 0.717) is 0 Å². The van der Waals surface area contributed by atoms with Crippen LogP contribution in [0.5, 0.6) is 0 Å². The molecule has 0 aromatic heterocycles. The molecule has 0 aliphatic heterocycles. The number of hydrogen-bond donors (Lipinski definition) is 1. The number of halogens is 2. The van der Waals surface area contributed by atoms with Gasteiger partial charge in [0.15, 0.2) is 0 Å². The van der Waals surface area contributed by atoms with Crippen molar-refractivity contribution in [3.8, 4) is 0 Å². The van der Waals surface area contributed by atoms with Crippen LogP contribution in [-0.4, -0.2) is 5.97 Å². The second kappa shape index (κ2) is 4.84. The molecule has 0 aliphatic carbocycles. The van der Waals surface area contributed by atoms with Crippen molar-refractivity contribution in [2.75, 3.05) is 0 Å². The van der Waals surface area contributed by atoms with Crippen LogP contribution in [0.3, 0.4) is 0 Å². The number of aliphatic carboxylic acids is 1. The first kappa shape index (κ1) is 11.6. The van der Waals surface area contributed by atoms with Crippen molar-refractivity contribution in [1.82, 2.24) is 0 Å². The number of carboxylic acids is 1. The number of benzene rings is 1. The molecule has 0 spiro atoms. The zero-order valence-corrected chi connectivity index (χ0v) is 8.00. The fourth-order valence-corrected chi connectivity index (χ4v) is 1.28. The Labute approximate surface area is 85.5 Å². The predicted molar refractivity (Wildman–Crippen MR) is 46.2 cm³/mol. The SMILES string of the molecule is [NH3+][C@@H](CCC(=O)[O-])c1ccc(F)cc1F. The summed E-state index contributed by atoms with van der Waals surface area (Å²) in [5.41, 5.74) is 3.84. The Hall–Kier alpha value is -1.49. The van der Waals surface area contributed by atoms with E-state index in [1.165, 1.54) is 6.07 Å². The van der Waals surface area contributed by atoms with Gasteiger partial charge in [-0.3, -0.25) is 0 Å². The molecule has 3 nitrogen and oxygen atoms in total. The Bertz CT molecular complexity index is 368.